The van der Waals surface area contributed by atoms with Crippen LogP contribution in [0.15, 0.2) is 78.9 Å². The molecule has 5 heteroatoms. The van der Waals surface area contributed by atoms with Gasteiger partial charge in [0.05, 0.1) is 0 Å². The highest BCUT2D eigenvalue weighted by atomic mass is 16.5. The minimum Gasteiger partial charge on any atom is -0.457 e. The molecular formula is C25H24N2O3. The van der Waals surface area contributed by atoms with E-state index in [2.05, 4.69) is 10.6 Å². The van der Waals surface area contributed by atoms with Crippen molar-refractivity contribution in [1.29, 1.82) is 0 Å². The second-order valence-corrected chi connectivity index (χ2v) is 7.42. The van der Waals surface area contributed by atoms with Crippen LogP contribution in [0.25, 0.3) is 0 Å². The van der Waals surface area contributed by atoms with Gasteiger partial charge in [-0.2, -0.15) is 0 Å². The Hall–Kier alpha value is -3.60. The van der Waals surface area contributed by atoms with Crippen molar-refractivity contribution in [3.05, 3.63) is 90.0 Å². The van der Waals surface area contributed by atoms with Crippen molar-refractivity contribution in [2.24, 2.45) is 5.92 Å². The topological polar surface area (TPSA) is 67.4 Å². The molecule has 4 rings (SSSR count). The summed E-state index contributed by atoms with van der Waals surface area (Å²) in [5, 5.41) is 5.86. The first-order valence-electron chi connectivity index (χ1n) is 10.1. The minimum absolute atomic E-state index is 0.00416. The molecule has 0 saturated carbocycles. The number of anilines is 1. The van der Waals surface area contributed by atoms with Gasteiger partial charge in [0.1, 0.15) is 11.5 Å². The molecule has 0 radical (unpaired) electrons. The second kappa shape index (κ2) is 9.27. The van der Waals surface area contributed by atoms with Crippen LogP contribution in [0.3, 0.4) is 0 Å². The summed E-state index contributed by atoms with van der Waals surface area (Å²) in [4.78, 5) is 24.5. The quantitative estimate of drug-likeness (QED) is 0.605. The van der Waals surface area contributed by atoms with E-state index in [4.69, 9.17) is 4.74 Å². The molecule has 1 heterocycles. The van der Waals surface area contributed by atoms with Crippen LogP contribution in [0, 0.1) is 5.92 Å². The summed E-state index contributed by atoms with van der Waals surface area (Å²) in [5.74, 6) is 1.31. The SMILES string of the molecule is O=C(CCC1Cc2ccccc2NC1=O)NCc1ccc(Oc2ccccc2)cc1. The van der Waals surface area contributed by atoms with Crippen molar-refractivity contribution < 1.29 is 14.3 Å². The Balaban J connectivity index is 1.23. The lowest BCUT2D eigenvalue weighted by molar-refractivity contribution is -0.122. The average Bonchev–Trinajstić information content (AvgIpc) is 2.78. The zero-order chi connectivity index (χ0) is 20.8. The molecule has 0 aromatic heterocycles. The van der Waals surface area contributed by atoms with Crippen LogP contribution in [0.2, 0.25) is 0 Å². The van der Waals surface area contributed by atoms with Gasteiger partial charge in [0.15, 0.2) is 0 Å². The molecule has 0 bridgehead atoms. The monoisotopic (exact) mass is 400 g/mol. The molecule has 30 heavy (non-hydrogen) atoms. The lowest BCUT2D eigenvalue weighted by Gasteiger charge is -2.24. The third kappa shape index (κ3) is 5.06. The van der Waals surface area contributed by atoms with E-state index < -0.39 is 0 Å². The van der Waals surface area contributed by atoms with Crippen molar-refractivity contribution in [3.63, 3.8) is 0 Å². The fraction of sp³-hybridized carbons (Fsp3) is 0.200. The molecular weight excluding hydrogens is 376 g/mol. The summed E-state index contributed by atoms with van der Waals surface area (Å²) in [7, 11) is 0. The van der Waals surface area contributed by atoms with Gasteiger partial charge in [0, 0.05) is 24.6 Å². The Labute approximate surface area is 176 Å². The Bertz CT molecular complexity index is 1020. The summed E-state index contributed by atoms with van der Waals surface area (Å²) in [6.45, 7) is 0.449. The highest BCUT2D eigenvalue weighted by molar-refractivity contribution is 5.96. The van der Waals surface area contributed by atoms with Gasteiger partial charge in [-0.3, -0.25) is 9.59 Å². The van der Waals surface area contributed by atoms with Crippen LogP contribution >= 0.6 is 0 Å². The van der Waals surface area contributed by atoms with E-state index in [0.717, 1.165) is 28.3 Å². The number of ether oxygens (including phenoxy) is 1. The second-order valence-electron chi connectivity index (χ2n) is 7.42. The largest absolute Gasteiger partial charge is 0.457 e. The Morgan fingerprint density at radius 3 is 2.43 bits per heavy atom. The van der Waals surface area contributed by atoms with Crippen molar-refractivity contribution in [2.45, 2.75) is 25.8 Å². The van der Waals surface area contributed by atoms with Gasteiger partial charge < -0.3 is 15.4 Å². The fourth-order valence-corrected chi connectivity index (χ4v) is 3.54. The summed E-state index contributed by atoms with van der Waals surface area (Å²) < 4.78 is 5.77. The van der Waals surface area contributed by atoms with Gasteiger partial charge in [-0.15, -0.1) is 0 Å². The van der Waals surface area contributed by atoms with Crippen molar-refractivity contribution >= 4 is 17.5 Å². The summed E-state index contributed by atoms with van der Waals surface area (Å²) >= 11 is 0. The molecule has 0 saturated heterocycles. The highest BCUT2D eigenvalue weighted by Crippen LogP contribution is 2.27. The fourth-order valence-electron chi connectivity index (χ4n) is 3.54. The molecule has 3 aromatic rings. The molecule has 1 aliphatic rings. The van der Waals surface area contributed by atoms with Crippen LogP contribution < -0.4 is 15.4 Å². The van der Waals surface area contributed by atoms with Gasteiger partial charge in [0.25, 0.3) is 0 Å². The molecule has 0 aliphatic carbocycles. The number of amides is 2. The Morgan fingerprint density at radius 2 is 1.63 bits per heavy atom. The van der Waals surface area contributed by atoms with Crippen LogP contribution in [0.5, 0.6) is 11.5 Å². The summed E-state index contributed by atoms with van der Waals surface area (Å²) in [6, 6.07) is 25.0. The van der Waals surface area contributed by atoms with E-state index in [1.165, 1.54) is 0 Å². The average molecular weight is 400 g/mol. The van der Waals surface area contributed by atoms with E-state index in [1.807, 2.05) is 78.9 Å². The summed E-state index contributed by atoms with van der Waals surface area (Å²) in [6.07, 6.45) is 1.55. The van der Waals surface area contributed by atoms with Gasteiger partial charge in [-0.05, 0) is 54.3 Å². The molecule has 0 spiro atoms. The van der Waals surface area contributed by atoms with Crippen LogP contribution in [0.1, 0.15) is 24.0 Å². The molecule has 2 amide bonds. The molecule has 3 aromatic carbocycles. The zero-order valence-electron chi connectivity index (χ0n) is 16.6. The zero-order valence-corrected chi connectivity index (χ0v) is 16.6. The number of fused-ring (bicyclic) bond motifs is 1. The maximum Gasteiger partial charge on any atom is 0.227 e. The summed E-state index contributed by atoms with van der Waals surface area (Å²) in [5.41, 5.74) is 3.00. The van der Waals surface area contributed by atoms with E-state index >= 15 is 0 Å². The third-order valence-electron chi connectivity index (χ3n) is 5.22. The van der Waals surface area contributed by atoms with E-state index in [-0.39, 0.29) is 17.7 Å². The lowest BCUT2D eigenvalue weighted by atomic mass is 9.89. The number of hydrogen-bond donors (Lipinski definition) is 2. The van der Waals surface area contributed by atoms with Gasteiger partial charge in [-0.1, -0.05) is 48.5 Å². The standard InChI is InChI=1S/C25H24N2O3/c28-24(15-12-20-16-19-6-4-5-9-23(19)27-25(20)29)26-17-18-10-13-22(14-11-18)30-21-7-2-1-3-8-21/h1-11,13-14,20H,12,15-17H2,(H,26,28)(H,27,29). The smallest absolute Gasteiger partial charge is 0.227 e. The predicted molar refractivity (Wildman–Crippen MR) is 116 cm³/mol. The predicted octanol–water partition coefficient (Wildman–Crippen LogP) is 4.69. The first kappa shape index (κ1) is 19.7. The van der Waals surface area contributed by atoms with Crippen LogP contribution in [-0.4, -0.2) is 11.8 Å². The molecule has 1 atom stereocenters. The van der Waals surface area contributed by atoms with Gasteiger partial charge >= 0.3 is 0 Å². The number of benzene rings is 3. The van der Waals surface area contributed by atoms with E-state index in [0.29, 0.717) is 25.8 Å². The van der Waals surface area contributed by atoms with Crippen molar-refractivity contribution in [3.8, 4) is 11.5 Å². The third-order valence-corrected chi connectivity index (χ3v) is 5.22. The maximum atomic E-state index is 12.3. The minimum atomic E-state index is -0.167. The van der Waals surface area contributed by atoms with Crippen LogP contribution in [0.4, 0.5) is 5.69 Å². The Morgan fingerprint density at radius 1 is 0.933 bits per heavy atom. The molecule has 5 nitrogen and oxygen atoms in total. The van der Waals surface area contributed by atoms with Crippen LogP contribution in [-0.2, 0) is 22.6 Å². The molecule has 1 aliphatic heterocycles. The highest BCUT2D eigenvalue weighted by Gasteiger charge is 2.26. The van der Waals surface area contributed by atoms with Crippen molar-refractivity contribution in [2.75, 3.05) is 5.32 Å². The number of carbonyl (C=O) groups is 2. The first-order valence-corrected chi connectivity index (χ1v) is 10.1. The molecule has 1 unspecified atom stereocenters. The van der Waals surface area contributed by atoms with Gasteiger partial charge in [-0.25, -0.2) is 0 Å². The first-order chi connectivity index (χ1) is 14.7. The molecule has 2 N–H and O–H groups in total. The normalized spacial score (nSPS) is 15.1. The number of nitrogens with one attached hydrogen (secondary N) is 2. The number of para-hydroxylation sites is 2. The van der Waals surface area contributed by atoms with E-state index in [1.54, 1.807) is 0 Å². The molecule has 0 fully saturated rings. The number of hydrogen-bond acceptors (Lipinski definition) is 3. The number of rotatable bonds is 7. The molecule has 152 valence electrons. The van der Waals surface area contributed by atoms with E-state index in [9.17, 15) is 9.59 Å². The van der Waals surface area contributed by atoms with Crippen molar-refractivity contribution in [1.82, 2.24) is 5.32 Å². The lowest BCUT2D eigenvalue weighted by Crippen LogP contribution is -2.31. The maximum absolute atomic E-state index is 12.3. The Kier molecular flexibility index (Phi) is 6.09. The number of carbonyl (C=O) groups excluding carboxylic acids is 2. The van der Waals surface area contributed by atoms with Gasteiger partial charge in [0.2, 0.25) is 11.8 Å².